The van der Waals surface area contributed by atoms with Crippen molar-refractivity contribution < 1.29 is 5.11 Å². The molecule has 1 unspecified atom stereocenters. The van der Waals surface area contributed by atoms with E-state index in [1.54, 1.807) is 23.9 Å². The fourth-order valence-electron chi connectivity index (χ4n) is 1.60. The monoisotopic (exact) mass is 226 g/mol. The van der Waals surface area contributed by atoms with E-state index < -0.39 is 0 Å². The first-order valence-electron chi connectivity index (χ1n) is 4.52. The number of rotatable bonds is 2. The SMILES string of the molecule is Oc1ccc2c(c1)C=CSC2CCCl. The molecule has 1 heterocycles. The highest BCUT2D eigenvalue weighted by atomic mass is 35.5. The second-order valence-corrected chi connectivity index (χ2v) is 4.71. The van der Waals surface area contributed by atoms with Gasteiger partial charge in [-0.1, -0.05) is 6.07 Å². The van der Waals surface area contributed by atoms with Crippen molar-refractivity contribution in [1.29, 1.82) is 0 Å². The molecule has 1 aromatic rings. The molecule has 0 radical (unpaired) electrons. The number of thioether (sulfide) groups is 1. The molecule has 1 aromatic carbocycles. The highest BCUT2D eigenvalue weighted by Gasteiger charge is 2.16. The van der Waals surface area contributed by atoms with Gasteiger partial charge in [-0.05, 0) is 41.2 Å². The molecule has 0 amide bonds. The Morgan fingerprint density at radius 1 is 1.43 bits per heavy atom. The Labute approximate surface area is 92.8 Å². The molecule has 0 aliphatic carbocycles. The summed E-state index contributed by atoms with van der Waals surface area (Å²) in [6.45, 7) is 0. The molecule has 0 saturated heterocycles. The van der Waals surface area contributed by atoms with Crippen molar-refractivity contribution in [2.45, 2.75) is 11.7 Å². The first-order valence-corrected chi connectivity index (χ1v) is 6.00. The minimum absolute atomic E-state index is 0.324. The van der Waals surface area contributed by atoms with Crippen LogP contribution in [-0.2, 0) is 0 Å². The van der Waals surface area contributed by atoms with Crippen LogP contribution in [-0.4, -0.2) is 11.0 Å². The van der Waals surface area contributed by atoms with Crippen molar-refractivity contribution in [3.8, 4) is 5.75 Å². The smallest absolute Gasteiger partial charge is 0.116 e. The summed E-state index contributed by atoms with van der Waals surface area (Å²) in [5, 5.41) is 11.8. The van der Waals surface area contributed by atoms with E-state index in [4.69, 9.17) is 11.6 Å². The van der Waals surface area contributed by atoms with Crippen LogP contribution in [0.5, 0.6) is 5.75 Å². The maximum absolute atomic E-state index is 9.34. The van der Waals surface area contributed by atoms with Crippen molar-refractivity contribution >= 4 is 29.4 Å². The van der Waals surface area contributed by atoms with Crippen molar-refractivity contribution in [2.24, 2.45) is 0 Å². The number of alkyl halides is 1. The van der Waals surface area contributed by atoms with Gasteiger partial charge in [-0.3, -0.25) is 0 Å². The molecule has 74 valence electrons. The molecule has 14 heavy (non-hydrogen) atoms. The molecular formula is C11H11ClOS. The summed E-state index contributed by atoms with van der Waals surface area (Å²) in [7, 11) is 0. The third-order valence-electron chi connectivity index (χ3n) is 2.28. The minimum atomic E-state index is 0.324. The van der Waals surface area contributed by atoms with Gasteiger partial charge in [0.1, 0.15) is 5.75 Å². The summed E-state index contributed by atoms with van der Waals surface area (Å²) in [6, 6.07) is 5.52. The zero-order chi connectivity index (χ0) is 9.97. The van der Waals surface area contributed by atoms with E-state index in [1.807, 2.05) is 12.1 Å². The van der Waals surface area contributed by atoms with E-state index >= 15 is 0 Å². The number of phenolic OH excluding ortho intramolecular Hbond substituents is 1. The number of benzene rings is 1. The van der Waals surface area contributed by atoms with Crippen LogP contribution < -0.4 is 0 Å². The van der Waals surface area contributed by atoms with Gasteiger partial charge in [0.25, 0.3) is 0 Å². The van der Waals surface area contributed by atoms with Gasteiger partial charge in [0.2, 0.25) is 0 Å². The Morgan fingerprint density at radius 3 is 3.07 bits per heavy atom. The van der Waals surface area contributed by atoms with Gasteiger partial charge in [0, 0.05) is 11.1 Å². The summed E-state index contributed by atoms with van der Waals surface area (Å²) in [5.41, 5.74) is 2.38. The number of hydrogen-bond acceptors (Lipinski definition) is 2. The van der Waals surface area contributed by atoms with E-state index in [0.717, 1.165) is 12.0 Å². The number of aromatic hydroxyl groups is 1. The molecule has 0 spiro atoms. The van der Waals surface area contributed by atoms with Crippen LogP contribution in [0, 0.1) is 0 Å². The minimum Gasteiger partial charge on any atom is -0.508 e. The summed E-state index contributed by atoms with van der Waals surface area (Å²) >= 11 is 7.54. The maximum atomic E-state index is 9.34. The highest BCUT2D eigenvalue weighted by Crippen LogP contribution is 2.40. The van der Waals surface area contributed by atoms with Gasteiger partial charge < -0.3 is 5.11 Å². The highest BCUT2D eigenvalue weighted by molar-refractivity contribution is 8.02. The lowest BCUT2D eigenvalue weighted by molar-refractivity contribution is 0.475. The van der Waals surface area contributed by atoms with Crippen LogP contribution >= 0.6 is 23.4 Å². The Kier molecular flexibility index (Phi) is 3.04. The molecular weight excluding hydrogens is 216 g/mol. The number of halogens is 1. The van der Waals surface area contributed by atoms with Gasteiger partial charge in [-0.15, -0.1) is 23.4 Å². The summed E-state index contributed by atoms with van der Waals surface area (Å²) < 4.78 is 0. The number of fused-ring (bicyclic) bond motifs is 1. The fraction of sp³-hybridized carbons (Fsp3) is 0.273. The summed E-state index contributed by atoms with van der Waals surface area (Å²) in [6.07, 6.45) is 3.00. The molecule has 0 bridgehead atoms. The van der Waals surface area contributed by atoms with Gasteiger partial charge in [-0.2, -0.15) is 0 Å². The van der Waals surface area contributed by atoms with E-state index in [-0.39, 0.29) is 0 Å². The van der Waals surface area contributed by atoms with Gasteiger partial charge in [0.15, 0.2) is 0 Å². The molecule has 1 nitrogen and oxygen atoms in total. The molecule has 1 aliphatic heterocycles. The van der Waals surface area contributed by atoms with Crippen LogP contribution in [0.25, 0.3) is 6.08 Å². The predicted octanol–water partition coefficient (Wildman–Crippen LogP) is 3.78. The Bertz CT molecular complexity index is 362. The average molecular weight is 227 g/mol. The van der Waals surface area contributed by atoms with Crippen molar-refractivity contribution in [1.82, 2.24) is 0 Å². The normalized spacial score (nSPS) is 19.4. The zero-order valence-corrected chi connectivity index (χ0v) is 9.18. The Hall–Kier alpha value is -0.600. The average Bonchev–Trinajstić information content (AvgIpc) is 2.18. The third kappa shape index (κ3) is 1.91. The molecule has 1 N–H and O–H groups in total. The maximum Gasteiger partial charge on any atom is 0.116 e. The molecule has 0 aromatic heterocycles. The van der Waals surface area contributed by atoms with E-state index in [2.05, 4.69) is 5.41 Å². The van der Waals surface area contributed by atoms with Crippen LogP contribution in [0.15, 0.2) is 23.6 Å². The largest absolute Gasteiger partial charge is 0.508 e. The number of phenols is 1. The fourth-order valence-corrected chi connectivity index (χ4v) is 2.98. The lowest BCUT2D eigenvalue weighted by Gasteiger charge is -2.20. The van der Waals surface area contributed by atoms with Crippen molar-refractivity contribution in [3.05, 3.63) is 34.7 Å². The quantitative estimate of drug-likeness (QED) is 0.775. The zero-order valence-electron chi connectivity index (χ0n) is 7.61. The second-order valence-electron chi connectivity index (χ2n) is 3.22. The first kappa shape index (κ1) is 9.94. The van der Waals surface area contributed by atoms with Crippen LogP contribution in [0.3, 0.4) is 0 Å². The predicted molar refractivity (Wildman–Crippen MR) is 62.8 cm³/mol. The van der Waals surface area contributed by atoms with E-state index in [1.165, 1.54) is 5.56 Å². The third-order valence-corrected chi connectivity index (χ3v) is 3.61. The lowest BCUT2D eigenvalue weighted by Crippen LogP contribution is -1.99. The Balaban J connectivity index is 2.36. The first-order chi connectivity index (χ1) is 6.81. The topological polar surface area (TPSA) is 20.2 Å². The molecule has 0 saturated carbocycles. The Morgan fingerprint density at radius 2 is 2.29 bits per heavy atom. The lowest BCUT2D eigenvalue weighted by atomic mass is 10.0. The second kappa shape index (κ2) is 4.28. The van der Waals surface area contributed by atoms with Crippen LogP contribution in [0.2, 0.25) is 0 Å². The summed E-state index contributed by atoms with van der Waals surface area (Å²) in [5.74, 6) is 0.996. The van der Waals surface area contributed by atoms with Crippen LogP contribution in [0.4, 0.5) is 0 Å². The standard InChI is InChI=1S/C11H11ClOS/c12-5-3-11-10-2-1-9(13)7-8(10)4-6-14-11/h1-2,4,6-7,11,13H,3,5H2. The van der Waals surface area contributed by atoms with Crippen LogP contribution in [0.1, 0.15) is 22.8 Å². The van der Waals surface area contributed by atoms with E-state index in [0.29, 0.717) is 16.9 Å². The van der Waals surface area contributed by atoms with Crippen molar-refractivity contribution in [3.63, 3.8) is 0 Å². The van der Waals surface area contributed by atoms with Crippen molar-refractivity contribution in [2.75, 3.05) is 5.88 Å². The molecule has 1 aliphatic rings. The summed E-state index contributed by atoms with van der Waals surface area (Å²) in [4.78, 5) is 0. The van der Waals surface area contributed by atoms with E-state index in [9.17, 15) is 5.11 Å². The number of hydrogen-bond donors (Lipinski definition) is 1. The van der Waals surface area contributed by atoms with Gasteiger partial charge >= 0.3 is 0 Å². The molecule has 1 atom stereocenters. The van der Waals surface area contributed by atoms with Gasteiger partial charge in [0.05, 0.1) is 0 Å². The molecule has 2 rings (SSSR count). The molecule has 3 heteroatoms. The van der Waals surface area contributed by atoms with Gasteiger partial charge in [-0.25, -0.2) is 0 Å². The molecule has 0 fully saturated rings.